The zero-order valence-electron chi connectivity index (χ0n) is 14.7. The van der Waals surface area contributed by atoms with E-state index in [1.807, 2.05) is 6.08 Å². The van der Waals surface area contributed by atoms with E-state index in [0.717, 1.165) is 38.5 Å². The molecule has 0 N–H and O–H groups in total. The van der Waals surface area contributed by atoms with Crippen LogP contribution < -0.4 is 34.7 Å². The van der Waals surface area contributed by atoms with Crippen molar-refractivity contribution < 1.29 is 39.5 Å². The molecule has 122 valence electrons. The molecular weight excluding hydrogens is 295 g/mol. The summed E-state index contributed by atoms with van der Waals surface area (Å²) in [5.41, 5.74) is 0. The van der Waals surface area contributed by atoms with Crippen LogP contribution in [0.15, 0.2) is 60.8 Å². The Balaban J connectivity index is 0. The van der Waals surface area contributed by atoms with Gasteiger partial charge in [-0.05, 0) is 51.4 Å². The van der Waals surface area contributed by atoms with Crippen LogP contribution in [-0.2, 0) is 4.79 Å². The molecule has 2 nitrogen and oxygen atoms in total. The van der Waals surface area contributed by atoms with Crippen molar-refractivity contribution in [2.45, 2.75) is 58.3 Å². The molecule has 0 rings (SSSR count). The van der Waals surface area contributed by atoms with Crippen LogP contribution in [0.1, 0.15) is 58.3 Å². The molecular formula is C20H29NaO2. The summed E-state index contributed by atoms with van der Waals surface area (Å²) in [5.74, 6) is -0.965. The van der Waals surface area contributed by atoms with E-state index in [1.54, 1.807) is 0 Å². The predicted octanol–water partition coefficient (Wildman–Crippen LogP) is 1.66. The molecule has 0 aromatic heterocycles. The van der Waals surface area contributed by atoms with Gasteiger partial charge < -0.3 is 9.90 Å². The zero-order valence-corrected chi connectivity index (χ0v) is 16.7. The fourth-order valence-electron chi connectivity index (χ4n) is 1.73. The molecule has 0 saturated heterocycles. The average Bonchev–Trinajstić information content (AvgIpc) is 2.50. The van der Waals surface area contributed by atoms with Gasteiger partial charge in [0.2, 0.25) is 0 Å². The summed E-state index contributed by atoms with van der Waals surface area (Å²) in [5, 5.41) is 10.2. The second-order valence-corrected chi connectivity index (χ2v) is 4.97. The van der Waals surface area contributed by atoms with Crippen LogP contribution in [0.2, 0.25) is 0 Å². The maximum atomic E-state index is 10.2. The quantitative estimate of drug-likeness (QED) is 0.294. The molecule has 0 heterocycles. The standard InChI is InChI=1S/C20H30O2.Na/c1-2-3-4-5-6-7-8-9-10-11-12-13-14-15-16-17-18-19-20(21)22;/h3-4,6-7,9-10,12-13,15-16H,2,5,8,11,14,17-19H2,1H3,(H,21,22);/q;+1/p-1/b4-3+,7-6+,10-9+,13-12+,16-15+;. The molecule has 3 heteroatoms. The average molecular weight is 324 g/mol. The van der Waals surface area contributed by atoms with Gasteiger partial charge in [0.1, 0.15) is 0 Å². The number of unbranched alkanes of at least 4 members (excludes halogenated alkanes) is 1. The SMILES string of the molecule is CC/C=C/C/C=C/C/C=C/C/C=C/C/C=C/CCCC(=O)[O-].[Na+]. The molecule has 0 radical (unpaired) electrons. The smallest absolute Gasteiger partial charge is 0.550 e. The van der Waals surface area contributed by atoms with Crippen molar-refractivity contribution in [1.82, 2.24) is 0 Å². The Bertz CT molecular complexity index is 404. The topological polar surface area (TPSA) is 40.1 Å². The minimum atomic E-state index is -0.965. The van der Waals surface area contributed by atoms with Crippen molar-refractivity contribution in [2.24, 2.45) is 0 Å². The summed E-state index contributed by atoms with van der Waals surface area (Å²) in [6, 6.07) is 0. The summed E-state index contributed by atoms with van der Waals surface area (Å²) < 4.78 is 0. The molecule has 0 aliphatic rings. The first-order chi connectivity index (χ1) is 10.8. The Hall–Kier alpha value is -0.830. The maximum absolute atomic E-state index is 10.2. The van der Waals surface area contributed by atoms with E-state index in [-0.39, 0.29) is 36.0 Å². The first-order valence-corrected chi connectivity index (χ1v) is 8.22. The summed E-state index contributed by atoms with van der Waals surface area (Å²) in [7, 11) is 0. The van der Waals surface area contributed by atoms with Gasteiger partial charge in [-0.2, -0.15) is 0 Å². The Morgan fingerprint density at radius 3 is 1.52 bits per heavy atom. The molecule has 0 aromatic rings. The Kier molecular flexibility index (Phi) is 22.5. The van der Waals surface area contributed by atoms with Gasteiger partial charge in [-0.3, -0.25) is 0 Å². The van der Waals surface area contributed by atoms with Crippen molar-refractivity contribution in [1.29, 1.82) is 0 Å². The monoisotopic (exact) mass is 324 g/mol. The molecule has 0 unspecified atom stereocenters. The van der Waals surface area contributed by atoms with Gasteiger partial charge in [0.05, 0.1) is 0 Å². The number of rotatable bonds is 13. The van der Waals surface area contributed by atoms with Gasteiger partial charge in [-0.1, -0.05) is 67.7 Å². The minimum absolute atomic E-state index is 0. The molecule has 0 aliphatic carbocycles. The number of carboxylic acid groups (broad SMARTS) is 1. The molecule has 0 spiro atoms. The molecule has 0 aromatic carbocycles. The largest absolute Gasteiger partial charge is 1.00 e. The fraction of sp³-hybridized carbons (Fsp3) is 0.450. The van der Waals surface area contributed by atoms with Gasteiger partial charge in [-0.15, -0.1) is 0 Å². The van der Waals surface area contributed by atoms with Crippen LogP contribution in [0.4, 0.5) is 0 Å². The first kappa shape index (κ1) is 24.4. The summed E-state index contributed by atoms with van der Waals surface area (Å²) in [4.78, 5) is 10.2. The number of hydrogen-bond donors (Lipinski definition) is 0. The van der Waals surface area contributed by atoms with Gasteiger partial charge in [0.25, 0.3) is 0 Å². The van der Waals surface area contributed by atoms with E-state index in [1.165, 1.54) is 0 Å². The third kappa shape index (κ3) is 23.6. The zero-order chi connectivity index (χ0) is 16.3. The fourth-order valence-corrected chi connectivity index (χ4v) is 1.73. The van der Waals surface area contributed by atoms with Crippen molar-refractivity contribution >= 4 is 5.97 Å². The number of carboxylic acids is 1. The van der Waals surface area contributed by atoms with E-state index >= 15 is 0 Å². The Morgan fingerprint density at radius 1 is 0.739 bits per heavy atom. The normalized spacial score (nSPS) is 12.2. The van der Waals surface area contributed by atoms with Gasteiger partial charge in [-0.25, -0.2) is 0 Å². The molecule has 0 fully saturated rings. The predicted molar refractivity (Wildman–Crippen MR) is 93.3 cm³/mol. The van der Waals surface area contributed by atoms with Gasteiger partial charge >= 0.3 is 29.6 Å². The van der Waals surface area contributed by atoms with Crippen molar-refractivity contribution in [3.63, 3.8) is 0 Å². The third-order valence-corrected chi connectivity index (χ3v) is 2.91. The molecule has 0 aliphatic heterocycles. The van der Waals surface area contributed by atoms with E-state index in [4.69, 9.17) is 0 Å². The summed E-state index contributed by atoms with van der Waals surface area (Å²) in [6.07, 6.45) is 28.1. The number of aliphatic carboxylic acids is 1. The second-order valence-electron chi connectivity index (χ2n) is 4.97. The van der Waals surface area contributed by atoms with Crippen LogP contribution >= 0.6 is 0 Å². The van der Waals surface area contributed by atoms with E-state index in [9.17, 15) is 9.90 Å². The maximum Gasteiger partial charge on any atom is 1.00 e. The summed E-state index contributed by atoms with van der Waals surface area (Å²) in [6.45, 7) is 2.14. The molecule has 0 saturated carbocycles. The first-order valence-electron chi connectivity index (χ1n) is 8.22. The van der Waals surface area contributed by atoms with Crippen LogP contribution in [0.3, 0.4) is 0 Å². The van der Waals surface area contributed by atoms with Gasteiger partial charge in [0.15, 0.2) is 0 Å². The van der Waals surface area contributed by atoms with E-state index < -0.39 is 5.97 Å². The number of hydrogen-bond acceptors (Lipinski definition) is 2. The van der Waals surface area contributed by atoms with Crippen LogP contribution in [-0.4, -0.2) is 5.97 Å². The van der Waals surface area contributed by atoms with Crippen molar-refractivity contribution in [3.8, 4) is 0 Å². The van der Waals surface area contributed by atoms with Crippen molar-refractivity contribution in [2.75, 3.05) is 0 Å². The number of allylic oxidation sites excluding steroid dienone is 10. The number of carbonyl (C=O) groups excluding carboxylic acids is 1. The molecule has 0 bridgehead atoms. The molecule has 0 atom stereocenters. The second kappa shape index (κ2) is 21.2. The van der Waals surface area contributed by atoms with E-state index in [2.05, 4.69) is 61.6 Å². The molecule has 0 amide bonds. The number of carbonyl (C=O) groups is 1. The van der Waals surface area contributed by atoms with Crippen LogP contribution in [0, 0.1) is 0 Å². The third-order valence-electron chi connectivity index (χ3n) is 2.91. The van der Waals surface area contributed by atoms with E-state index in [0.29, 0.717) is 6.42 Å². The van der Waals surface area contributed by atoms with Gasteiger partial charge in [0, 0.05) is 5.97 Å². The van der Waals surface area contributed by atoms with Crippen LogP contribution in [0.25, 0.3) is 0 Å². The Morgan fingerprint density at radius 2 is 1.13 bits per heavy atom. The van der Waals surface area contributed by atoms with Crippen molar-refractivity contribution in [3.05, 3.63) is 60.8 Å². The summed E-state index contributed by atoms with van der Waals surface area (Å²) >= 11 is 0. The minimum Gasteiger partial charge on any atom is -0.550 e. The molecule has 23 heavy (non-hydrogen) atoms. The van der Waals surface area contributed by atoms with Crippen LogP contribution in [0.5, 0.6) is 0 Å². The Labute approximate surface area is 164 Å².